The largest absolute Gasteiger partial charge is 0.478 e. The molecule has 16 heavy (non-hydrogen) atoms. The molecular formula is C12H14ClNO2. The fraction of sp³-hybridized carbons (Fsp3) is 0.417. The normalized spacial score (nSPS) is 14.9. The van der Waals surface area contributed by atoms with Crippen molar-refractivity contribution in [2.24, 2.45) is 0 Å². The standard InChI is InChI=1S/C12H14ClNO2/c1-2-14(9-4-5-9)11-6-3-8(12(15)16)7-10(11)13/h3,6-7,9H,2,4-5H2,1H3,(H,15,16). The zero-order valence-corrected chi connectivity index (χ0v) is 9.87. The number of halogens is 1. The first-order valence-corrected chi connectivity index (χ1v) is 5.80. The summed E-state index contributed by atoms with van der Waals surface area (Å²) in [7, 11) is 0. The van der Waals surface area contributed by atoms with Crippen LogP contribution in [-0.4, -0.2) is 23.7 Å². The maximum absolute atomic E-state index is 10.8. The summed E-state index contributed by atoms with van der Waals surface area (Å²) in [5.41, 5.74) is 1.18. The van der Waals surface area contributed by atoms with Gasteiger partial charge in [0, 0.05) is 12.6 Å². The Labute approximate surface area is 99.6 Å². The van der Waals surface area contributed by atoms with Gasteiger partial charge >= 0.3 is 5.97 Å². The summed E-state index contributed by atoms with van der Waals surface area (Å²) in [6.07, 6.45) is 2.40. The van der Waals surface area contributed by atoms with E-state index in [-0.39, 0.29) is 5.56 Å². The van der Waals surface area contributed by atoms with Gasteiger partial charge in [-0.05, 0) is 38.0 Å². The van der Waals surface area contributed by atoms with Gasteiger partial charge in [-0.3, -0.25) is 0 Å². The van der Waals surface area contributed by atoms with Crippen molar-refractivity contribution < 1.29 is 9.90 Å². The maximum atomic E-state index is 10.8. The minimum absolute atomic E-state index is 0.237. The number of aromatic carboxylic acids is 1. The second-order valence-corrected chi connectivity index (χ2v) is 4.40. The van der Waals surface area contributed by atoms with Crippen LogP contribution in [0.3, 0.4) is 0 Å². The number of hydrogen-bond donors (Lipinski definition) is 1. The lowest BCUT2D eigenvalue weighted by molar-refractivity contribution is 0.0697. The zero-order valence-electron chi connectivity index (χ0n) is 9.11. The minimum atomic E-state index is -0.942. The molecule has 86 valence electrons. The quantitative estimate of drug-likeness (QED) is 0.878. The van der Waals surface area contributed by atoms with Crippen LogP contribution < -0.4 is 4.90 Å². The highest BCUT2D eigenvalue weighted by Gasteiger charge is 2.29. The predicted molar refractivity (Wildman–Crippen MR) is 64.5 cm³/mol. The zero-order chi connectivity index (χ0) is 11.7. The van der Waals surface area contributed by atoms with E-state index in [4.69, 9.17) is 16.7 Å². The summed E-state index contributed by atoms with van der Waals surface area (Å²) in [5.74, 6) is -0.942. The van der Waals surface area contributed by atoms with E-state index in [2.05, 4.69) is 11.8 Å². The molecule has 0 aromatic heterocycles. The van der Waals surface area contributed by atoms with Crippen molar-refractivity contribution in [3.05, 3.63) is 28.8 Å². The molecule has 1 aliphatic rings. The Bertz CT molecular complexity index is 415. The number of benzene rings is 1. The Kier molecular flexibility index (Phi) is 3.06. The molecule has 0 spiro atoms. The van der Waals surface area contributed by atoms with Crippen molar-refractivity contribution in [2.45, 2.75) is 25.8 Å². The van der Waals surface area contributed by atoms with Gasteiger partial charge < -0.3 is 10.0 Å². The lowest BCUT2D eigenvalue weighted by Gasteiger charge is -2.24. The molecule has 0 bridgehead atoms. The molecule has 0 radical (unpaired) electrons. The van der Waals surface area contributed by atoms with Crippen LogP contribution in [0.2, 0.25) is 5.02 Å². The number of hydrogen-bond acceptors (Lipinski definition) is 2. The first-order chi connectivity index (χ1) is 7.63. The number of carboxylic acids is 1. The number of carboxylic acid groups (broad SMARTS) is 1. The smallest absolute Gasteiger partial charge is 0.335 e. The molecule has 0 atom stereocenters. The first kappa shape index (κ1) is 11.3. The molecule has 3 nitrogen and oxygen atoms in total. The molecule has 1 aromatic rings. The third-order valence-electron chi connectivity index (χ3n) is 2.83. The Hall–Kier alpha value is -1.22. The second kappa shape index (κ2) is 4.34. The average Bonchev–Trinajstić information content (AvgIpc) is 3.05. The number of carbonyl (C=O) groups is 1. The molecule has 1 aromatic carbocycles. The third-order valence-corrected chi connectivity index (χ3v) is 3.14. The topological polar surface area (TPSA) is 40.5 Å². The Balaban J connectivity index is 2.30. The molecule has 0 unspecified atom stereocenters. The van der Waals surface area contributed by atoms with Crippen LogP contribution in [0.25, 0.3) is 0 Å². The van der Waals surface area contributed by atoms with Gasteiger partial charge in [0.25, 0.3) is 0 Å². The lowest BCUT2D eigenvalue weighted by atomic mass is 10.2. The molecular weight excluding hydrogens is 226 g/mol. The van der Waals surface area contributed by atoms with Crippen LogP contribution >= 0.6 is 11.6 Å². The van der Waals surface area contributed by atoms with Crippen LogP contribution in [0.5, 0.6) is 0 Å². The van der Waals surface area contributed by atoms with E-state index in [1.54, 1.807) is 12.1 Å². The van der Waals surface area contributed by atoms with E-state index in [0.29, 0.717) is 11.1 Å². The van der Waals surface area contributed by atoms with Gasteiger partial charge in [-0.1, -0.05) is 11.6 Å². The highest BCUT2D eigenvalue weighted by molar-refractivity contribution is 6.33. The van der Waals surface area contributed by atoms with Crippen LogP contribution in [0.4, 0.5) is 5.69 Å². The van der Waals surface area contributed by atoms with Crippen molar-refractivity contribution >= 4 is 23.3 Å². The van der Waals surface area contributed by atoms with Crippen LogP contribution in [-0.2, 0) is 0 Å². The third kappa shape index (κ3) is 2.14. The van der Waals surface area contributed by atoms with E-state index < -0.39 is 5.97 Å². The maximum Gasteiger partial charge on any atom is 0.335 e. The summed E-state index contributed by atoms with van der Waals surface area (Å²) in [6, 6.07) is 5.50. The Morgan fingerprint density at radius 3 is 2.69 bits per heavy atom. The van der Waals surface area contributed by atoms with Gasteiger partial charge in [-0.2, -0.15) is 0 Å². The Morgan fingerprint density at radius 1 is 1.56 bits per heavy atom. The Morgan fingerprint density at radius 2 is 2.25 bits per heavy atom. The molecule has 0 saturated heterocycles. The summed E-state index contributed by atoms with van der Waals surface area (Å²) in [5, 5.41) is 9.37. The molecule has 4 heteroatoms. The fourth-order valence-corrected chi connectivity index (χ4v) is 2.17. The molecule has 2 rings (SSSR count). The summed E-state index contributed by atoms with van der Waals surface area (Å²) < 4.78 is 0. The molecule has 0 aliphatic heterocycles. The molecule has 1 N–H and O–H groups in total. The van der Waals surface area contributed by atoms with Crippen molar-refractivity contribution in [3.8, 4) is 0 Å². The highest BCUT2D eigenvalue weighted by Crippen LogP contribution is 2.35. The summed E-state index contributed by atoms with van der Waals surface area (Å²) >= 11 is 6.11. The van der Waals surface area contributed by atoms with E-state index >= 15 is 0 Å². The van der Waals surface area contributed by atoms with E-state index in [0.717, 1.165) is 12.2 Å². The highest BCUT2D eigenvalue weighted by atomic mass is 35.5. The van der Waals surface area contributed by atoms with Crippen LogP contribution in [0.1, 0.15) is 30.1 Å². The summed E-state index contributed by atoms with van der Waals surface area (Å²) in [6.45, 7) is 2.98. The van der Waals surface area contributed by atoms with Crippen molar-refractivity contribution in [3.63, 3.8) is 0 Å². The first-order valence-electron chi connectivity index (χ1n) is 5.43. The van der Waals surface area contributed by atoms with E-state index in [1.807, 2.05) is 0 Å². The number of rotatable bonds is 4. The molecule has 0 heterocycles. The monoisotopic (exact) mass is 239 g/mol. The lowest BCUT2D eigenvalue weighted by Crippen LogP contribution is -2.25. The van der Waals surface area contributed by atoms with Crippen molar-refractivity contribution in [2.75, 3.05) is 11.4 Å². The van der Waals surface area contributed by atoms with Crippen LogP contribution in [0, 0.1) is 0 Å². The minimum Gasteiger partial charge on any atom is -0.478 e. The SMILES string of the molecule is CCN(c1ccc(C(=O)O)cc1Cl)C1CC1. The molecule has 1 aliphatic carbocycles. The van der Waals surface area contributed by atoms with Crippen LogP contribution in [0.15, 0.2) is 18.2 Å². The number of nitrogens with zero attached hydrogens (tertiary/aromatic N) is 1. The van der Waals surface area contributed by atoms with E-state index in [9.17, 15) is 4.79 Å². The molecule has 0 amide bonds. The fourth-order valence-electron chi connectivity index (χ4n) is 1.88. The van der Waals surface area contributed by atoms with Gasteiger partial charge in [0.2, 0.25) is 0 Å². The van der Waals surface area contributed by atoms with Gasteiger partial charge in [0.05, 0.1) is 16.3 Å². The molecule has 1 fully saturated rings. The summed E-state index contributed by atoms with van der Waals surface area (Å²) in [4.78, 5) is 13.0. The average molecular weight is 240 g/mol. The van der Waals surface area contributed by atoms with Gasteiger partial charge in [0.15, 0.2) is 0 Å². The van der Waals surface area contributed by atoms with Gasteiger partial charge in [-0.15, -0.1) is 0 Å². The molecule has 1 saturated carbocycles. The van der Waals surface area contributed by atoms with Gasteiger partial charge in [0.1, 0.15) is 0 Å². The van der Waals surface area contributed by atoms with Crippen molar-refractivity contribution in [1.82, 2.24) is 0 Å². The second-order valence-electron chi connectivity index (χ2n) is 3.99. The van der Waals surface area contributed by atoms with Crippen molar-refractivity contribution in [1.29, 1.82) is 0 Å². The predicted octanol–water partition coefficient (Wildman–Crippen LogP) is 3.03. The number of anilines is 1. The van der Waals surface area contributed by atoms with E-state index in [1.165, 1.54) is 18.9 Å². The van der Waals surface area contributed by atoms with Gasteiger partial charge in [-0.25, -0.2) is 4.79 Å².